The number of nitrogens with one attached hydrogen (secondary N) is 3. The Labute approximate surface area is 182 Å². The Balaban J connectivity index is 2.05. The van der Waals surface area contributed by atoms with Crippen LogP contribution in [0.4, 0.5) is 5.69 Å². The third-order valence-electron chi connectivity index (χ3n) is 3.52. The van der Waals surface area contributed by atoms with Gasteiger partial charge in [-0.2, -0.15) is 0 Å². The summed E-state index contributed by atoms with van der Waals surface area (Å²) in [5.41, 5.74) is 1.07. The van der Waals surface area contributed by atoms with E-state index in [2.05, 4.69) is 16.0 Å². The minimum Gasteiger partial charge on any atom is -0.478 e. The highest BCUT2D eigenvalue weighted by molar-refractivity contribution is 7.80. The van der Waals surface area contributed by atoms with Gasteiger partial charge >= 0.3 is 5.97 Å². The zero-order valence-corrected chi connectivity index (χ0v) is 17.4. The maximum absolute atomic E-state index is 12.3. The molecule has 0 saturated carbocycles. The smallest absolute Gasteiger partial charge is 0.337 e. The van der Waals surface area contributed by atoms with Crippen LogP contribution < -0.4 is 16.0 Å². The van der Waals surface area contributed by atoms with Crippen LogP contribution in [0.15, 0.2) is 54.6 Å². The lowest BCUT2D eigenvalue weighted by Crippen LogP contribution is -2.56. The van der Waals surface area contributed by atoms with Crippen LogP contribution in [-0.4, -0.2) is 32.1 Å². The Hall–Kier alpha value is -2.06. The quantitative estimate of drug-likeness (QED) is 0.298. The highest BCUT2D eigenvalue weighted by Crippen LogP contribution is 2.29. The van der Waals surface area contributed by atoms with E-state index >= 15 is 0 Å². The van der Waals surface area contributed by atoms with Crippen LogP contribution in [0.2, 0.25) is 0 Å². The molecule has 0 bridgehead atoms. The van der Waals surface area contributed by atoms with E-state index < -0.39 is 15.9 Å². The molecular formula is C18H16Cl3N3O3S. The number of anilines is 1. The van der Waals surface area contributed by atoms with Gasteiger partial charge in [-0.15, -0.1) is 0 Å². The fourth-order valence-electron chi connectivity index (χ4n) is 2.26. The van der Waals surface area contributed by atoms with Crippen LogP contribution in [0.3, 0.4) is 0 Å². The van der Waals surface area contributed by atoms with Gasteiger partial charge in [0.2, 0.25) is 9.70 Å². The van der Waals surface area contributed by atoms with Crippen LogP contribution in [0, 0.1) is 0 Å². The number of amides is 1. The predicted octanol–water partition coefficient (Wildman–Crippen LogP) is 3.73. The number of halogens is 3. The molecule has 0 aliphatic rings. The van der Waals surface area contributed by atoms with Crippen molar-refractivity contribution in [2.45, 2.75) is 16.4 Å². The first-order chi connectivity index (χ1) is 13.2. The summed E-state index contributed by atoms with van der Waals surface area (Å²) in [6.07, 6.45) is -1.06. The Kier molecular flexibility index (Phi) is 7.88. The molecule has 1 amide bonds. The number of carbonyl (C=O) groups is 2. The first-order valence-electron chi connectivity index (χ1n) is 7.96. The number of aromatic carboxylic acids is 1. The first-order valence-corrected chi connectivity index (χ1v) is 9.51. The minimum atomic E-state index is -1.91. The van der Waals surface area contributed by atoms with E-state index in [9.17, 15) is 14.7 Å². The molecule has 0 aliphatic carbocycles. The normalized spacial score (nSPS) is 12.0. The van der Waals surface area contributed by atoms with Gasteiger partial charge in [-0.25, -0.2) is 4.79 Å². The molecule has 10 heteroatoms. The van der Waals surface area contributed by atoms with Gasteiger partial charge in [0.05, 0.1) is 17.7 Å². The monoisotopic (exact) mass is 459 g/mol. The highest BCUT2D eigenvalue weighted by Gasteiger charge is 2.34. The van der Waals surface area contributed by atoms with Crippen LogP contribution >= 0.6 is 47.0 Å². The van der Waals surface area contributed by atoms with Crippen molar-refractivity contribution >= 4 is 69.7 Å². The molecule has 0 fully saturated rings. The molecule has 4 N–H and O–H groups in total. The van der Waals surface area contributed by atoms with Crippen molar-refractivity contribution in [3.05, 3.63) is 65.7 Å². The summed E-state index contributed by atoms with van der Waals surface area (Å²) in [4.78, 5) is 23.6. The Bertz CT molecular complexity index is 860. The highest BCUT2D eigenvalue weighted by atomic mass is 35.6. The number of rotatable bonds is 6. The lowest BCUT2D eigenvalue weighted by molar-refractivity contribution is -0.121. The van der Waals surface area contributed by atoms with E-state index in [-0.39, 0.29) is 28.7 Å². The number of carboxylic acid groups (broad SMARTS) is 1. The van der Waals surface area contributed by atoms with Crippen LogP contribution in [0.1, 0.15) is 15.9 Å². The van der Waals surface area contributed by atoms with Crippen molar-refractivity contribution in [2.75, 3.05) is 5.32 Å². The van der Waals surface area contributed by atoms with E-state index in [0.29, 0.717) is 0 Å². The molecule has 0 spiro atoms. The molecule has 148 valence electrons. The van der Waals surface area contributed by atoms with Gasteiger partial charge in [-0.05, 0) is 29.9 Å². The number of alkyl halides is 3. The summed E-state index contributed by atoms with van der Waals surface area (Å²) in [7, 11) is 0. The van der Waals surface area contributed by atoms with E-state index in [1.165, 1.54) is 12.1 Å². The summed E-state index contributed by atoms with van der Waals surface area (Å²) in [5, 5.41) is 17.2. The summed E-state index contributed by atoms with van der Waals surface area (Å²) >= 11 is 23.0. The maximum Gasteiger partial charge on any atom is 0.337 e. The number of thiocarbonyl (C=S) groups is 1. The van der Waals surface area contributed by atoms with Gasteiger partial charge in [-0.1, -0.05) is 77.3 Å². The lowest BCUT2D eigenvalue weighted by Gasteiger charge is -2.28. The molecule has 2 aromatic rings. The zero-order chi connectivity index (χ0) is 20.7. The molecule has 0 heterocycles. The summed E-state index contributed by atoms with van der Waals surface area (Å²) < 4.78 is -1.91. The number of para-hydroxylation sites is 1. The Morgan fingerprint density at radius 2 is 1.61 bits per heavy atom. The second kappa shape index (κ2) is 9.93. The zero-order valence-electron chi connectivity index (χ0n) is 14.3. The van der Waals surface area contributed by atoms with Crippen LogP contribution in [-0.2, 0) is 11.2 Å². The molecule has 0 unspecified atom stereocenters. The average Bonchev–Trinajstić information content (AvgIpc) is 2.61. The fraction of sp³-hybridized carbons (Fsp3) is 0.167. The van der Waals surface area contributed by atoms with Crippen molar-refractivity contribution in [1.29, 1.82) is 0 Å². The molecule has 2 rings (SSSR count). The van der Waals surface area contributed by atoms with Crippen molar-refractivity contribution < 1.29 is 14.7 Å². The molecule has 1 atom stereocenters. The number of hydrogen-bond donors (Lipinski definition) is 4. The number of carbonyl (C=O) groups excluding carboxylic acids is 1. The minimum absolute atomic E-state index is 0.0187. The standard InChI is InChI=1S/C18H16Cl3N3O3S/c19-18(20,21)16(23-14(25)10-11-6-2-1-3-7-11)24-17(28)22-13-9-5-4-8-12(13)15(26)27/h1-9,16H,10H2,(H,23,25)(H,26,27)(H2,22,24,28)/t16-/m0/s1. The number of carboxylic acids is 1. The molecule has 0 aromatic heterocycles. The first kappa shape index (κ1) is 22.2. The molecule has 2 aromatic carbocycles. The van der Waals surface area contributed by atoms with Crippen molar-refractivity contribution in [2.24, 2.45) is 0 Å². The van der Waals surface area contributed by atoms with E-state index in [0.717, 1.165) is 5.56 Å². The average molecular weight is 461 g/mol. The molecule has 6 nitrogen and oxygen atoms in total. The van der Waals surface area contributed by atoms with E-state index in [1.807, 2.05) is 18.2 Å². The third-order valence-corrected chi connectivity index (χ3v) is 4.40. The Morgan fingerprint density at radius 3 is 2.21 bits per heavy atom. The Morgan fingerprint density at radius 1 is 1.00 bits per heavy atom. The molecule has 0 saturated heterocycles. The largest absolute Gasteiger partial charge is 0.478 e. The molecule has 0 aliphatic heterocycles. The van der Waals surface area contributed by atoms with Crippen molar-refractivity contribution in [3.8, 4) is 0 Å². The van der Waals surface area contributed by atoms with Gasteiger partial charge in [0.15, 0.2) is 5.11 Å². The molecule has 0 radical (unpaired) electrons. The second-order valence-electron chi connectivity index (χ2n) is 5.65. The van der Waals surface area contributed by atoms with Crippen LogP contribution in [0.25, 0.3) is 0 Å². The third kappa shape index (κ3) is 6.83. The molecule has 28 heavy (non-hydrogen) atoms. The lowest BCUT2D eigenvalue weighted by atomic mass is 10.1. The van der Waals surface area contributed by atoms with E-state index in [1.54, 1.807) is 24.3 Å². The summed E-state index contributed by atoms with van der Waals surface area (Å²) in [6, 6.07) is 15.2. The van der Waals surface area contributed by atoms with Gasteiger partial charge in [0.25, 0.3) is 0 Å². The van der Waals surface area contributed by atoms with Gasteiger partial charge in [0.1, 0.15) is 6.17 Å². The van der Waals surface area contributed by atoms with Gasteiger partial charge in [-0.3, -0.25) is 4.79 Å². The van der Waals surface area contributed by atoms with Crippen molar-refractivity contribution in [3.63, 3.8) is 0 Å². The SMILES string of the molecule is O=C(Cc1ccccc1)N[C@@H](NC(=S)Nc1ccccc1C(=O)O)C(Cl)(Cl)Cl. The number of benzene rings is 2. The van der Waals surface area contributed by atoms with Gasteiger partial charge < -0.3 is 21.1 Å². The van der Waals surface area contributed by atoms with Crippen LogP contribution in [0.5, 0.6) is 0 Å². The topological polar surface area (TPSA) is 90.5 Å². The fourth-order valence-corrected chi connectivity index (χ4v) is 2.82. The van der Waals surface area contributed by atoms with Gasteiger partial charge in [0, 0.05) is 0 Å². The summed E-state index contributed by atoms with van der Waals surface area (Å²) in [6.45, 7) is 0. The van der Waals surface area contributed by atoms with E-state index in [4.69, 9.17) is 47.0 Å². The maximum atomic E-state index is 12.3. The predicted molar refractivity (Wildman–Crippen MR) is 115 cm³/mol. The summed E-state index contributed by atoms with van der Waals surface area (Å²) in [5.74, 6) is -1.51. The number of hydrogen-bond acceptors (Lipinski definition) is 3. The molecular weight excluding hydrogens is 445 g/mol. The van der Waals surface area contributed by atoms with Crippen molar-refractivity contribution in [1.82, 2.24) is 10.6 Å². The second-order valence-corrected chi connectivity index (χ2v) is 8.43.